The van der Waals surface area contributed by atoms with Gasteiger partial charge in [-0.3, -0.25) is 4.57 Å². The molecule has 0 unspecified atom stereocenters. The van der Waals surface area contributed by atoms with Gasteiger partial charge in [0.1, 0.15) is 4.88 Å². The number of rotatable bonds is 3. The van der Waals surface area contributed by atoms with Gasteiger partial charge in [-0.05, 0) is 52.6 Å². The normalized spacial score (nSPS) is 11.0. The van der Waals surface area contributed by atoms with Crippen molar-refractivity contribution in [3.05, 3.63) is 42.8 Å². The standard InChI is InChI=1S/C15H16BrNO2S2/c1-8(2)10-6-5-7-11(16)12(10)17-9(3)13(14(18)19-4)21-15(17)20/h5-8H,1-4H3. The summed E-state index contributed by atoms with van der Waals surface area (Å²) in [6, 6.07) is 6.08. The molecule has 0 fully saturated rings. The van der Waals surface area contributed by atoms with E-state index in [0.717, 1.165) is 15.9 Å². The van der Waals surface area contributed by atoms with Gasteiger partial charge in [-0.15, -0.1) is 0 Å². The molecule has 0 spiro atoms. The largest absolute Gasteiger partial charge is 0.465 e. The fourth-order valence-corrected chi connectivity index (χ4v) is 4.16. The van der Waals surface area contributed by atoms with Crippen molar-refractivity contribution in [1.29, 1.82) is 0 Å². The first-order chi connectivity index (χ1) is 9.88. The van der Waals surface area contributed by atoms with Crippen LogP contribution in [0.4, 0.5) is 0 Å². The van der Waals surface area contributed by atoms with Crippen LogP contribution in [0.3, 0.4) is 0 Å². The van der Waals surface area contributed by atoms with Crippen molar-refractivity contribution in [3.8, 4) is 5.69 Å². The lowest BCUT2D eigenvalue weighted by Crippen LogP contribution is -2.07. The summed E-state index contributed by atoms with van der Waals surface area (Å²) in [4.78, 5) is 12.4. The lowest BCUT2D eigenvalue weighted by molar-refractivity contribution is 0.0605. The van der Waals surface area contributed by atoms with Crippen molar-refractivity contribution >= 4 is 45.5 Å². The van der Waals surface area contributed by atoms with E-state index in [1.54, 1.807) is 0 Å². The smallest absolute Gasteiger partial charge is 0.349 e. The first kappa shape index (κ1) is 16.4. The zero-order valence-electron chi connectivity index (χ0n) is 12.3. The van der Waals surface area contributed by atoms with E-state index in [1.807, 2.05) is 23.6 Å². The number of halogens is 1. The van der Waals surface area contributed by atoms with Gasteiger partial charge in [-0.2, -0.15) is 0 Å². The number of nitrogens with zero attached hydrogens (tertiary/aromatic N) is 1. The lowest BCUT2D eigenvalue weighted by Gasteiger charge is -2.17. The van der Waals surface area contributed by atoms with Crippen molar-refractivity contribution in [2.45, 2.75) is 26.7 Å². The minimum absolute atomic E-state index is 0.347. The molecule has 6 heteroatoms. The van der Waals surface area contributed by atoms with Gasteiger partial charge in [0.15, 0.2) is 3.95 Å². The second-order valence-corrected chi connectivity index (χ2v) is 7.44. The van der Waals surface area contributed by atoms with Gasteiger partial charge in [-0.1, -0.05) is 37.3 Å². The predicted octanol–water partition coefficient (Wildman–Crippen LogP) is 5.25. The van der Waals surface area contributed by atoms with E-state index in [9.17, 15) is 4.79 Å². The van der Waals surface area contributed by atoms with Crippen LogP contribution in [0, 0.1) is 10.9 Å². The molecule has 0 radical (unpaired) electrons. The molecule has 0 N–H and O–H groups in total. The number of ether oxygens (including phenoxy) is 1. The second-order valence-electron chi connectivity index (χ2n) is 4.94. The molecule has 0 aliphatic rings. The summed E-state index contributed by atoms with van der Waals surface area (Å²) in [6.07, 6.45) is 0. The van der Waals surface area contributed by atoms with Crippen LogP contribution in [0.15, 0.2) is 22.7 Å². The summed E-state index contributed by atoms with van der Waals surface area (Å²) in [5, 5.41) is 0. The molecule has 21 heavy (non-hydrogen) atoms. The Kier molecular flexibility index (Phi) is 5.01. The molecule has 2 aromatic rings. The molecule has 1 aromatic carbocycles. The number of para-hydroxylation sites is 1. The fraction of sp³-hybridized carbons (Fsp3) is 0.333. The first-order valence-corrected chi connectivity index (χ1v) is 8.49. The lowest BCUT2D eigenvalue weighted by atomic mass is 10.0. The van der Waals surface area contributed by atoms with E-state index in [2.05, 4.69) is 35.8 Å². The maximum Gasteiger partial charge on any atom is 0.349 e. The molecule has 0 saturated heterocycles. The van der Waals surface area contributed by atoms with Gasteiger partial charge in [-0.25, -0.2) is 4.79 Å². The SMILES string of the molecule is COC(=O)c1sc(=S)n(-c2c(Br)cccc2C(C)C)c1C. The van der Waals surface area contributed by atoms with Crippen LogP contribution in [-0.2, 0) is 4.74 Å². The Balaban J connectivity index is 2.78. The summed E-state index contributed by atoms with van der Waals surface area (Å²) in [6.45, 7) is 6.16. The van der Waals surface area contributed by atoms with Crippen molar-refractivity contribution in [2.75, 3.05) is 7.11 Å². The Morgan fingerprint density at radius 1 is 1.43 bits per heavy atom. The topological polar surface area (TPSA) is 31.2 Å². The summed E-state index contributed by atoms with van der Waals surface area (Å²) in [5.74, 6) is 0.000720. The maximum atomic E-state index is 11.9. The minimum atomic E-state index is -0.347. The molecule has 0 aliphatic heterocycles. The number of thiazole rings is 1. The van der Waals surface area contributed by atoms with Gasteiger partial charge < -0.3 is 4.74 Å². The molecular weight excluding hydrogens is 370 g/mol. The van der Waals surface area contributed by atoms with Crippen LogP contribution in [0.1, 0.15) is 40.7 Å². The van der Waals surface area contributed by atoms with Gasteiger partial charge >= 0.3 is 5.97 Å². The molecule has 1 heterocycles. The summed E-state index contributed by atoms with van der Waals surface area (Å²) in [5.41, 5.74) is 2.99. The Hall–Kier alpha value is -0.980. The second kappa shape index (κ2) is 6.42. The Labute approximate surface area is 141 Å². The molecule has 1 aromatic heterocycles. The van der Waals surface area contributed by atoms with E-state index < -0.39 is 0 Å². The molecule has 2 rings (SSSR count). The number of benzene rings is 1. The molecule has 0 saturated carbocycles. The Bertz CT molecular complexity index is 747. The third kappa shape index (κ3) is 2.98. The first-order valence-electron chi connectivity index (χ1n) is 6.48. The zero-order chi connectivity index (χ0) is 15.7. The van der Waals surface area contributed by atoms with Crippen LogP contribution in [0.5, 0.6) is 0 Å². The molecule has 0 amide bonds. The number of carbonyl (C=O) groups is 1. The molecule has 3 nitrogen and oxygen atoms in total. The number of hydrogen-bond acceptors (Lipinski definition) is 4. The third-order valence-electron chi connectivity index (χ3n) is 3.27. The number of aromatic nitrogens is 1. The Morgan fingerprint density at radius 2 is 2.10 bits per heavy atom. The van der Waals surface area contributed by atoms with E-state index in [-0.39, 0.29) is 5.97 Å². The highest BCUT2D eigenvalue weighted by Crippen LogP contribution is 2.34. The predicted molar refractivity (Wildman–Crippen MR) is 92.3 cm³/mol. The van der Waals surface area contributed by atoms with E-state index in [0.29, 0.717) is 14.7 Å². The third-order valence-corrected chi connectivity index (χ3v) is 5.37. The van der Waals surface area contributed by atoms with Gasteiger partial charge in [0.05, 0.1) is 12.8 Å². The summed E-state index contributed by atoms with van der Waals surface area (Å²) in [7, 11) is 1.38. The van der Waals surface area contributed by atoms with Crippen LogP contribution >= 0.6 is 39.5 Å². The van der Waals surface area contributed by atoms with Crippen molar-refractivity contribution < 1.29 is 9.53 Å². The van der Waals surface area contributed by atoms with E-state index in [1.165, 1.54) is 24.0 Å². The molecule has 0 atom stereocenters. The van der Waals surface area contributed by atoms with Crippen LogP contribution in [-0.4, -0.2) is 17.6 Å². The quantitative estimate of drug-likeness (QED) is 0.533. The molecular formula is C15H16BrNO2S2. The maximum absolute atomic E-state index is 11.9. The number of hydrogen-bond donors (Lipinski definition) is 0. The van der Waals surface area contributed by atoms with Gasteiger partial charge in [0.25, 0.3) is 0 Å². The van der Waals surface area contributed by atoms with Gasteiger partial charge in [0.2, 0.25) is 0 Å². The van der Waals surface area contributed by atoms with Crippen LogP contribution in [0.2, 0.25) is 0 Å². The number of carbonyl (C=O) groups excluding carboxylic acids is 1. The van der Waals surface area contributed by atoms with Crippen LogP contribution < -0.4 is 0 Å². The molecule has 0 aliphatic carbocycles. The highest BCUT2D eigenvalue weighted by Gasteiger charge is 2.21. The van der Waals surface area contributed by atoms with E-state index >= 15 is 0 Å². The minimum Gasteiger partial charge on any atom is -0.465 e. The Morgan fingerprint density at radius 3 is 2.67 bits per heavy atom. The average molecular weight is 386 g/mol. The summed E-state index contributed by atoms with van der Waals surface area (Å²) < 4.78 is 8.38. The zero-order valence-corrected chi connectivity index (χ0v) is 15.5. The fourth-order valence-electron chi connectivity index (χ4n) is 2.22. The van der Waals surface area contributed by atoms with Gasteiger partial charge in [0, 0.05) is 10.2 Å². The van der Waals surface area contributed by atoms with Crippen molar-refractivity contribution in [1.82, 2.24) is 4.57 Å². The highest BCUT2D eigenvalue weighted by molar-refractivity contribution is 9.10. The summed E-state index contributed by atoms with van der Waals surface area (Å²) >= 11 is 10.4. The highest BCUT2D eigenvalue weighted by atomic mass is 79.9. The molecule has 112 valence electrons. The van der Waals surface area contributed by atoms with Crippen molar-refractivity contribution in [2.24, 2.45) is 0 Å². The molecule has 0 bridgehead atoms. The van der Waals surface area contributed by atoms with Crippen LogP contribution in [0.25, 0.3) is 5.69 Å². The van der Waals surface area contributed by atoms with Crippen molar-refractivity contribution in [3.63, 3.8) is 0 Å². The average Bonchev–Trinajstić information content (AvgIpc) is 2.73. The number of methoxy groups -OCH3 is 1. The number of esters is 1. The van der Waals surface area contributed by atoms with E-state index in [4.69, 9.17) is 17.0 Å². The monoisotopic (exact) mass is 385 g/mol.